The number of ether oxygens (including phenoxy) is 1. The lowest BCUT2D eigenvalue weighted by atomic mass is 10.1. The smallest absolute Gasteiger partial charge is 0.194 e. The molecule has 1 aliphatic heterocycles. The van der Waals surface area contributed by atoms with E-state index in [9.17, 15) is 0 Å². The van der Waals surface area contributed by atoms with Crippen molar-refractivity contribution in [1.82, 2.24) is 25.0 Å². The number of benzene rings is 1. The molecule has 30 heavy (non-hydrogen) atoms. The van der Waals surface area contributed by atoms with Gasteiger partial charge in [-0.2, -0.15) is 5.10 Å². The number of morpholine rings is 1. The molecular formula is C22H31IN6O. The van der Waals surface area contributed by atoms with Crippen molar-refractivity contribution in [3.05, 3.63) is 53.5 Å². The van der Waals surface area contributed by atoms with E-state index in [4.69, 9.17) is 9.73 Å². The number of guanidine groups is 1. The van der Waals surface area contributed by atoms with E-state index in [0.717, 1.165) is 44.1 Å². The molecule has 1 atom stereocenters. The van der Waals surface area contributed by atoms with Gasteiger partial charge in [0, 0.05) is 55.5 Å². The Morgan fingerprint density at radius 1 is 1.40 bits per heavy atom. The zero-order valence-electron chi connectivity index (χ0n) is 17.9. The van der Waals surface area contributed by atoms with Crippen LogP contribution in [0.5, 0.6) is 0 Å². The SMILES string of the molecule is CCNC(=NCCc1c[nH]c2cc(C)ccc12)N1CCOC(c2cnn(C)c2)C1.I. The number of rotatable bonds is 5. The van der Waals surface area contributed by atoms with Crippen LogP contribution in [0.15, 0.2) is 41.8 Å². The van der Waals surface area contributed by atoms with E-state index in [1.54, 1.807) is 0 Å². The van der Waals surface area contributed by atoms with Crippen LogP contribution in [0.4, 0.5) is 0 Å². The van der Waals surface area contributed by atoms with Gasteiger partial charge in [0.05, 0.1) is 19.3 Å². The Kier molecular flexibility index (Phi) is 7.76. The summed E-state index contributed by atoms with van der Waals surface area (Å²) >= 11 is 0. The maximum absolute atomic E-state index is 5.98. The largest absolute Gasteiger partial charge is 0.370 e. The summed E-state index contributed by atoms with van der Waals surface area (Å²) < 4.78 is 7.79. The predicted molar refractivity (Wildman–Crippen MR) is 132 cm³/mol. The molecule has 3 aromatic rings. The fraction of sp³-hybridized carbons (Fsp3) is 0.455. The van der Waals surface area contributed by atoms with E-state index in [-0.39, 0.29) is 30.1 Å². The molecule has 8 heteroatoms. The second-order valence-corrected chi connectivity index (χ2v) is 7.60. The van der Waals surface area contributed by atoms with Gasteiger partial charge in [-0.05, 0) is 37.5 Å². The van der Waals surface area contributed by atoms with E-state index in [1.807, 2.05) is 24.1 Å². The molecule has 7 nitrogen and oxygen atoms in total. The molecule has 0 saturated carbocycles. The fourth-order valence-corrected chi connectivity index (χ4v) is 3.86. The molecule has 1 unspecified atom stereocenters. The van der Waals surface area contributed by atoms with Crippen LogP contribution in [0, 0.1) is 6.92 Å². The number of nitrogens with zero attached hydrogens (tertiary/aromatic N) is 4. The van der Waals surface area contributed by atoms with E-state index in [1.165, 1.54) is 22.0 Å². The van der Waals surface area contributed by atoms with Crippen LogP contribution in [0.3, 0.4) is 0 Å². The Hall–Kier alpha value is -2.07. The minimum atomic E-state index is 0. The fourth-order valence-electron chi connectivity index (χ4n) is 3.86. The minimum Gasteiger partial charge on any atom is -0.370 e. The lowest BCUT2D eigenvalue weighted by Crippen LogP contribution is -2.48. The quantitative estimate of drug-likeness (QED) is 0.306. The highest BCUT2D eigenvalue weighted by Crippen LogP contribution is 2.22. The Balaban J connectivity index is 0.00000256. The molecule has 2 aromatic heterocycles. The topological polar surface area (TPSA) is 70.5 Å². The van der Waals surface area contributed by atoms with Gasteiger partial charge in [0.25, 0.3) is 0 Å². The van der Waals surface area contributed by atoms with Crippen molar-refractivity contribution in [2.75, 3.05) is 32.8 Å². The molecule has 0 amide bonds. The van der Waals surface area contributed by atoms with Crippen molar-refractivity contribution in [2.45, 2.75) is 26.4 Å². The van der Waals surface area contributed by atoms with Gasteiger partial charge in [-0.3, -0.25) is 9.67 Å². The number of nitrogens with one attached hydrogen (secondary N) is 2. The molecular weight excluding hydrogens is 491 g/mol. The lowest BCUT2D eigenvalue weighted by molar-refractivity contribution is -0.00803. The van der Waals surface area contributed by atoms with Crippen molar-refractivity contribution in [1.29, 1.82) is 0 Å². The average Bonchev–Trinajstić information content (AvgIpc) is 3.33. The summed E-state index contributed by atoms with van der Waals surface area (Å²) in [6, 6.07) is 6.56. The van der Waals surface area contributed by atoms with Gasteiger partial charge in [-0.25, -0.2) is 0 Å². The summed E-state index contributed by atoms with van der Waals surface area (Å²) in [6.45, 7) is 8.13. The molecule has 0 radical (unpaired) electrons. The molecule has 0 spiro atoms. The molecule has 1 fully saturated rings. The highest BCUT2D eigenvalue weighted by molar-refractivity contribution is 14.0. The highest BCUT2D eigenvalue weighted by Gasteiger charge is 2.25. The molecule has 0 aliphatic carbocycles. The number of halogens is 1. The summed E-state index contributed by atoms with van der Waals surface area (Å²) in [5, 5.41) is 9.01. The molecule has 1 aromatic carbocycles. The van der Waals surface area contributed by atoms with Crippen molar-refractivity contribution in [3.8, 4) is 0 Å². The van der Waals surface area contributed by atoms with Gasteiger partial charge in [-0.15, -0.1) is 24.0 Å². The molecule has 2 N–H and O–H groups in total. The standard InChI is InChI=1S/C22H30N6O.HI/c1-4-23-22(28-9-10-29-21(15-28)18-13-26-27(3)14-18)24-8-7-17-12-25-20-11-16(2)5-6-19(17)20;/h5-6,11-14,21,25H,4,7-10,15H2,1-3H3,(H,23,24);1H. The Morgan fingerprint density at radius 2 is 2.27 bits per heavy atom. The first-order valence-corrected chi connectivity index (χ1v) is 10.3. The third-order valence-corrected chi connectivity index (χ3v) is 5.36. The zero-order chi connectivity index (χ0) is 20.2. The summed E-state index contributed by atoms with van der Waals surface area (Å²) in [6.07, 6.45) is 6.96. The number of aromatic nitrogens is 3. The Morgan fingerprint density at radius 3 is 3.03 bits per heavy atom. The maximum atomic E-state index is 5.98. The van der Waals surface area contributed by atoms with E-state index < -0.39 is 0 Å². The van der Waals surface area contributed by atoms with Crippen molar-refractivity contribution >= 4 is 40.8 Å². The number of aromatic amines is 1. The lowest BCUT2D eigenvalue weighted by Gasteiger charge is -2.34. The van der Waals surface area contributed by atoms with Crippen LogP contribution in [-0.2, 0) is 18.2 Å². The summed E-state index contributed by atoms with van der Waals surface area (Å²) in [7, 11) is 1.93. The van der Waals surface area contributed by atoms with Crippen LogP contribution in [0.2, 0.25) is 0 Å². The molecule has 0 bridgehead atoms. The number of hydrogen-bond donors (Lipinski definition) is 2. The van der Waals surface area contributed by atoms with Crippen molar-refractivity contribution < 1.29 is 4.74 Å². The monoisotopic (exact) mass is 522 g/mol. The number of aryl methyl sites for hydroxylation is 2. The van der Waals surface area contributed by atoms with Crippen molar-refractivity contribution in [3.63, 3.8) is 0 Å². The van der Waals surface area contributed by atoms with Gasteiger partial charge < -0.3 is 19.9 Å². The third kappa shape index (κ3) is 5.15. The van der Waals surface area contributed by atoms with Gasteiger partial charge in [0.1, 0.15) is 6.10 Å². The molecule has 4 rings (SSSR count). The van der Waals surface area contributed by atoms with E-state index in [0.29, 0.717) is 6.61 Å². The Bertz CT molecular complexity index is 995. The average molecular weight is 522 g/mol. The molecule has 162 valence electrons. The van der Waals surface area contributed by atoms with Gasteiger partial charge in [-0.1, -0.05) is 12.1 Å². The second-order valence-electron chi connectivity index (χ2n) is 7.60. The molecule has 1 aliphatic rings. The number of aliphatic imine (C=N–C) groups is 1. The number of hydrogen-bond acceptors (Lipinski definition) is 3. The maximum Gasteiger partial charge on any atom is 0.194 e. The van der Waals surface area contributed by atoms with Gasteiger partial charge >= 0.3 is 0 Å². The van der Waals surface area contributed by atoms with Crippen LogP contribution >= 0.6 is 24.0 Å². The highest BCUT2D eigenvalue weighted by atomic mass is 127. The number of fused-ring (bicyclic) bond motifs is 1. The van der Waals surface area contributed by atoms with Crippen LogP contribution in [-0.4, -0.2) is 58.4 Å². The third-order valence-electron chi connectivity index (χ3n) is 5.36. The summed E-state index contributed by atoms with van der Waals surface area (Å²) in [4.78, 5) is 10.6. The Labute approximate surface area is 194 Å². The van der Waals surface area contributed by atoms with Crippen LogP contribution in [0.1, 0.15) is 29.7 Å². The van der Waals surface area contributed by atoms with E-state index in [2.05, 4.69) is 58.5 Å². The van der Waals surface area contributed by atoms with Crippen LogP contribution < -0.4 is 5.32 Å². The zero-order valence-corrected chi connectivity index (χ0v) is 20.2. The summed E-state index contributed by atoms with van der Waals surface area (Å²) in [5.74, 6) is 0.959. The summed E-state index contributed by atoms with van der Waals surface area (Å²) in [5.41, 5.74) is 4.90. The van der Waals surface area contributed by atoms with Crippen LogP contribution in [0.25, 0.3) is 10.9 Å². The predicted octanol–water partition coefficient (Wildman–Crippen LogP) is 3.41. The second kappa shape index (κ2) is 10.3. The first kappa shape index (κ1) is 22.6. The first-order chi connectivity index (χ1) is 14.1. The van der Waals surface area contributed by atoms with Gasteiger partial charge in [0.2, 0.25) is 0 Å². The van der Waals surface area contributed by atoms with E-state index >= 15 is 0 Å². The number of H-pyrrole nitrogens is 1. The normalized spacial score (nSPS) is 17.2. The molecule has 1 saturated heterocycles. The minimum absolute atomic E-state index is 0. The first-order valence-electron chi connectivity index (χ1n) is 10.3. The molecule has 3 heterocycles. The van der Waals surface area contributed by atoms with Crippen molar-refractivity contribution in [2.24, 2.45) is 12.0 Å². The van der Waals surface area contributed by atoms with Gasteiger partial charge in [0.15, 0.2) is 5.96 Å².